The summed E-state index contributed by atoms with van der Waals surface area (Å²) >= 11 is 0. The van der Waals surface area contributed by atoms with Crippen LogP contribution in [0.25, 0.3) is 0 Å². The minimum Gasteiger partial charge on any atom is -0.465 e. The molecule has 7 nitrogen and oxygen atoms in total. The monoisotopic (exact) mass is 417 g/mol. The minimum absolute atomic E-state index is 0.142. The number of hydrogen-bond acceptors (Lipinski definition) is 6. The molecule has 1 aromatic rings. The first kappa shape index (κ1) is 24.0. The van der Waals surface area contributed by atoms with E-state index in [2.05, 4.69) is 0 Å². The molecule has 0 radical (unpaired) electrons. The van der Waals surface area contributed by atoms with Crippen LogP contribution in [0.1, 0.15) is 46.6 Å². The van der Waals surface area contributed by atoms with Crippen LogP contribution in [0, 0.1) is 0 Å². The third-order valence-corrected chi connectivity index (χ3v) is 5.22. The molecule has 30 heavy (non-hydrogen) atoms. The van der Waals surface area contributed by atoms with Gasteiger partial charge in [0.25, 0.3) is 0 Å². The summed E-state index contributed by atoms with van der Waals surface area (Å²) < 4.78 is 22.2. The second kappa shape index (κ2) is 10.6. The molecular formula is C22H32BNO6. The minimum atomic E-state index is -0.559. The highest BCUT2D eigenvalue weighted by Crippen LogP contribution is 2.36. The lowest BCUT2D eigenvalue weighted by atomic mass is 9.90. The SMILES string of the molecule is CCOC(=O)CN(CC/C=C/B1OC(C)(C)C(C)(C)O1)C(=O)OCc1ccccc1. The Morgan fingerprint density at radius 1 is 1.07 bits per heavy atom. The summed E-state index contributed by atoms with van der Waals surface area (Å²) in [4.78, 5) is 25.7. The van der Waals surface area contributed by atoms with Gasteiger partial charge in [-0.05, 0) is 46.6 Å². The summed E-state index contributed by atoms with van der Waals surface area (Å²) in [6.45, 7) is 10.2. The van der Waals surface area contributed by atoms with Crippen LogP contribution >= 0.6 is 0 Å². The largest absolute Gasteiger partial charge is 0.486 e. The van der Waals surface area contributed by atoms with Gasteiger partial charge in [-0.2, -0.15) is 0 Å². The lowest BCUT2D eigenvalue weighted by Crippen LogP contribution is -2.41. The zero-order chi connectivity index (χ0) is 22.2. The summed E-state index contributed by atoms with van der Waals surface area (Å²) in [7, 11) is -0.446. The molecule has 1 heterocycles. The molecule has 1 aliphatic heterocycles. The molecule has 1 amide bonds. The van der Waals surface area contributed by atoms with E-state index in [-0.39, 0.29) is 19.8 Å². The fourth-order valence-electron chi connectivity index (χ4n) is 2.81. The lowest BCUT2D eigenvalue weighted by molar-refractivity contribution is -0.144. The predicted molar refractivity (Wildman–Crippen MR) is 115 cm³/mol. The standard InChI is InChI=1S/C22H32BNO6/c1-6-27-19(25)16-24(20(26)28-17-18-12-8-7-9-13-18)15-11-10-14-23-29-21(2,3)22(4,5)30-23/h7-10,12-14H,6,11,15-17H2,1-5H3/b14-10+. The lowest BCUT2D eigenvalue weighted by Gasteiger charge is -2.32. The third kappa shape index (κ3) is 6.88. The summed E-state index contributed by atoms with van der Waals surface area (Å²) in [5.41, 5.74) is 0.0702. The van der Waals surface area contributed by atoms with Gasteiger partial charge in [0.05, 0.1) is 17.8 Å². The highest BCUT2D eigenvalue weighted by molar-refractivity contribution is 6.51. The highest BCUT2D eigenvalue weighted by atomic mass is 16.7. The molecule has 0 aromatic heterocycles. The number of amides is 1. The van der Waals surface area contributed by atoms with E-state index in [0.717, 1.165) is 5.56 Å². The van der Waals surface area contributed by atoms with Crippen LogP contribution in [0.4, 0.5) is 4.79 Å². The molecule has 164 valence electrons. The number of nitrogens with zero attached hydrogens (tertiary/aromatic N) is 1. The van der Waals surface area contributed by atoms with E-state index in [1.807, 2.05) is 70.1 Å². The van der Waals surface area contributed by atoms with Gasteiger partial charge in [0.2, 0.25) is 0 Å². The second-order valence-corrected chi connectivity index (χ2v) is 8.11. The fourth-order valence-corrected chi connectivity index (χ4v) is 2.81. The van der Waals surface area contributed by atoms with E-state index >= 15 is 0 Å². The van der Waals surface area contributed by atoms with E-state index in [0.29, 0.717) is 13.0 Å². The van der Waals surface area contributed by atoms with Crippen molar-refractivity contribution < 1.29 is 28.4 Å². The molecule has 1 aliphatic rings. The van der Waals surface area contributed by atoms with Crippen molar-refractivity contribution in [3.8, 4) is 0 Å². The van der Waals surface area contributed by atoms with Crippen molar-refractivity contribution >= 4 is 19.2 Å². The number of ether oxygens (including phenoxy) is 2. The molecule has 1 fully saturated rings. The fraction of sp³-hybridized carbons (Fsp3) is 0.545. The Kier molecular flexibility index (Phi) is 8.49. The molecule has 0 N–H and O–H groups in total. The van der Waals surface area contributed by atoms with Crippen LogP contribution in [-0.2, 0) is 30.2 Å². The van der Waals surface area contributed by atoms with E-state index in [4.69, 9.17) is 18.8 Å². The Bertz CT molecular complexity index is 718. The van der Waals surface area contributed by atoms with Gasteiger partial charge in [-0.15, -0.1) is 0 Å². The molecule has 0 atom stereocenters. The highest BCUT2D eigenvalue weighted by Gasteiger charge is 2.49. The summed E-state index contributed by atoms with van der Waals surface area (Å²) in [5, 5.41) is 0. The predicted octanol–water partition coefficient (Wildman–Crippen LogP) is 3.77. The molecule has 0 bridgehead atoms. The average molecular weight is 417 g/mol. The summed E-state index contributed by atoms with van der Waals surface area (Å²) in [5.74, 6) is 1.36. The Balaban J connectivity index is 1.89. The Hall–Kier alpha value is -2.32. The van der Waals surface area contributed by atoms with Crippen LogP contribution in [0.2, 0.25) is 0 Å². The Morgan fingerprint density at radius 2 is 1.70 bits per heavy atom. The maximum Gasteiger partial charge on any atom is 0.486 e. The van der Waals surface area contributed by atoms with Crippen molar-refractivity contribution in [1.82, 2.24) is 4.90 Å². The number of rotatable bonds is 9. The molecule has 0 saturated carbocycles. The number of benzene rings is 1. The normalized spacial score (nSPS) is 17.2. The van der Waals surface area contributed by atoms with Gasteiger partial charge in [0, 0.05) is 6.54 Å². The van der Waals surface area contributed by atoms with Gasteiger partial charge in [-0.25, -0.2) is 4.79 Å². The van der Waals surface area contributed by atoms with Gasteiger partial charge in [0.15, 0.2) is 0 Å². The quantitative estimate of drug-likeness (QED) is 0.450. The van der Waals surface area contributed by atoms with Crippen molar-refractivity contribution in [2.75, 3.05) is 19.7 Å². The van der Waals surface area contributed by atoms with Crippen molar-refractivity contribution in [3.63, 3.8) is 0 Å². The first-order chi connectivity index (χ1) is 14.1. The van der Waals surface area contributed by atoms with Crippen molar-refractivity contribution in [3.05, 3.63) is 47.9 Å². The number of esters is 1. The molecule has 2 rings (SSSR count). The van der Waals surface area contributed by atoms with Gasteiger partial charge in [-0.3, -0.25) is 9.69 Å². The Morgan fingerprint density at radius 3 is 2.30 bits per heavy atom. The maximum atomic E-state index is 12.5. The molecule has 0 spiro atoms. The van der Waals surface area contributed by atoms with Gasteiger partial charge in [-0.1, -0.05) is 42.4 Å². The van der Waals surface area contributed by atoms with Crippen LogP contribution in [-0.4, -0.2) is 55.0 Å². The molecule has 8 heteroatoms. The number of hydrogen-bond donors (Lipinski definition) is 0. The van der Waals surface area contributed by atoms with Gasteiger partial charge < -0.3 is 18.8 Å². The van der Waals surface area contributed by atoms with Crippen LogP contribution in [0.15, 0.2) is 42.4 Å². The molecule has 0 unspecified atom stereocenters. The number of carbonyl (C=O) groups excluding carboxylic acids is 2. The first-order valence-corrected chi connectivity index (χ1v) is 10.3. The smallest absolute Gasteiger partial charge is 0.465 e. The van der Waals surface area contributed by atoms with Crippen molar-refractivity contribution in [2.45, 2.75) is 58.8 Å². The second-order valence-electron chi connectivity index (χ2n) is 8.11. The summed E-state index contributed by atoms with van der Waals surface area (Å²) in [6.07, 6.45) is 1.84. The summed E-state index contributed by atoms with van der Waals surface area (Å²) in [6, 6.07) is 9.39. The topological polar surface area (TPSA) is 74.3 Å². The first-order valence-electron chi connectivity index (χ1n) is 10.3. The molecule has 0 aliphatic carbocycles. The van der Waals surface area contributed by atoms with E-state index < -0.39 is 30.4 Å². The van der Waals surface area contributed by atoms with Crippen LogP contribution in [0.5, 0.6) is 0 Å². The number of carbonyl (C=O) groups is 2. The van der Waals surface area contributed by atoms with Crippen LogP contribution in [0.3, 0.4) is 0 Å². The van der Waals surface area contributed by atoms with E-state index in [1.54, 1.807) is 6.92 Å². The van der Waals surface area contributed by atoms with Gasteiger partial charge >= 0.3 is 19.2 Å². The van der Waals surface area contributed by atoms with Crippen molar-refractivity contribution in [2.24, 2.45) is 0 Å². The van der Waals surface area contributed by atoms with E-state index in [1.165, 1.54) is 4.90 Å². The maximum absolute atomic E-state index is 12.5. The third-order valence-electron chi connectivity index (χ3n) is 5.22. The molecule has 1 saturated heterocycles. The molecule has 1 aromatic carbocycles. The zero-order valence-electron chi connectivity index (χ0n) is 18.6. The molecular weight excluding hydrogens is 385 g/mol. The van der Waals surface area contributed by atoms with E-state index in [9.17, 15) is 9.59 Å². The van der Waals surface area contributed by atoms with Crippen molar-refractivity contribution in [1.29, 1.82) is 0 Å². The Labute approximate surface area is 179 Å². The van der Waals surface area contributed by atoms with Crippen LogP contribution < -0.4 is 0 Å². The van der Waals surface area contributed by atoms with Gasteiger partial charge in [0.1, 0.15) is 13.2 Å². The average Bonchev–Trinajstić information content (AvgIpc) is 2.89. The zero-order valence-corrected chi connectivity index (χ0v) is 18.6.